The lowest BCUT2D eigenvalue weighted by Gasteiger charge is -1.81. The van der Waals surface area contributed by atoms with Gasteiger partial charge in [0, 0.05) is 10.9 Å². The Balaban J connectivity index is 2.48. The Kier molecular flexibility index (Phi) is 1.49. The van der Waals surface area contributed by atoms with E-state index in [1.54, 1.807) is 28.2 Å². The van der Waals surface area contributed by atoms with E-state index in [1.807, 2.05) is 11.4 Å². The van der Waals surface area contributed by atoms with E-state index in [2.05, 4.69) is 15.6 Å². The van der Waals surface area contributed by atoms with E-state index in [-0.39, 0.29) is 0 Å². The molecule has 50 valence electrons. The second kappa shape index (κ2) is 2.48. The normalized spacial score (nSPS) is 10.0. The van der Waals surface area contributed by atoms with Gasteiger partial charge in [0.2, 0.25) is 0 Å². The second-order valence-corrected chi connectivity index (χ2v) is 3.37. The summed E-state index contributed by atoms with van der Waals surface area (Å²) < 4.78 is 0. The van der Waals surface area contributed by atoms with E-state index in [1.165, 1.54) is 5.56 Å². The Bertz CT molecular complexity index is 253. The summed E-state index contributed by atoms with van der Waals surface area (Å²) >= 11 is 3.24. The summed E-state index contributed by atoms with van der Waals surface area (Å²) in [7, 11) is 0. The molecule has 0 aromatic carbocycles. The molecule has 2 aromatic heterocycles. The van der Waals surface area contributed by atoms with Crippen LogP contribution in [-0.2, 0) is 0 Å². The molecule has 4 heteroatoms. The maximum atomic E-state index is 3.93. The first-order valence-corrected chi connectivity index (χ1v) is 4.58. The van der Waals surface area contributed by atoms with Crippen molar-refractivity contribution in [2.75, 3.05) is 0 Å². The summed E-state index contributed by atoms with van der Waals surface area (Å²) in [4.78, 5) is 0. The highest BCUT2D eigenvalue weighted by atomic mass is 32.1. The van der Waals surface area contributed by atoms with Crippen molar-refractivity contribution in [2.45, 2.75) is 0 Å². The second-order valence-electron chi connectivity index (χ2n) is 1.76. The molecule has 0 unspecified atom stereocenters. The third-order valence-electron chi connectivity index (χ3n) is 1.13. The zero-order valence-corrected chi connectivity index (χ0v) is 6.65. The molecule has 0 aliphatic heterocycles. The highest BCUT2D eigenvalue weighted by Gasteiger charge is 1.98. The van der Waals surface area contributed by atoms with E-state index in [9.17, 15) is 0 Å². The largest absolute Gasteiger partial charge is 0.152 e. The van der Waals surface area contributed by atoms with Crippen molar-refractivity contribution in [1.82, 2.24) is 10.2 Å². The molecule has 0 atom stereocenters. The summed E-state index contributed by atoms with van der Waals surface area (Å²) in [6.07, 6.45) is 0. The van der Waals surface area contributed by atoms with Crippen molar-refractivity contribution in [1.29, 1.82) is 0 Å². The van der Waals surface area contributed by atoms with Gasteiger partial charge in [0.25, 0.3) is 0 Å². The molecule has 0 amide bonds. The first kappa shape index (κ1) is 6.00. The monoisotopic (exact) mass is 168 g/mol. The summed E-state index contributed by atoms with van der Waals surface area (Å²) in [5, 5.41) is 12.8. The van der Waals surface area contributed by atoms with Crippen molar-refractivity contribution in [3.8, 4) is 10.6 Å². The quantitative estimate of drug-likeness (QED) is 0.652. The maximum Gasteiger partial charge on any atom is 0.148 e. The fraction of sp³-hybridized carbons (Fsp3) is 0. The molecule has 0 radical (unpaired) electrons. The average Bonchev–Trinajstić information content (AvgIpc) is 2.59. The number of thiophene rings is 1. The van der Waals surface area contributed by atoms with E-state index >= 15 is 0 Å². The van der Waals surface area contributed by atoms with Gasteiger partial charge in [-0.15, -0.1) is 10.2 Å². The van der Waals surface area contributed by atoms with Crippen LogP contribution in [0.25, 0.3) is 10.6 Å². The SMILES string of the molecule is c1cc(-c2nncs2)cs1. The Morgan fingerprint density at radius 3 is 3.00 bits per heavy atom. The number of rotatable bonds is 1. The summed E-state index contributed by atoms with van der Waals surface area (Å²) in [6, 6.07) is 2.05. The summed E-state index contributed by atoms with van der Waals surface area (Å²) in [6.45, 7) is 0. The maximum absolute atomic E-state index is 3.93. The van der Waals surface area contributed by atoms with Crippen LogP contribution in [0.1, 0.15) is 0 Å². The number of nitrogens with zero attached hydrogens (tertiary/aromatic N) is 2. The van der Waals surface area contributed by atoms with Crippen LogP contribution in [0, 0.1) is 0 Å². The molecule has 2 nitrogen and oxygen atoms in total. The molecule has 2 aromatic rings. The van der Waals surface area contributed by atoms with E-state index in [0.29, 0.717) is 0 Å². The fourth-order valence-electron chi connectivity index (χ4n) is 0.685. The number of hydrogen-bond acceptors (Lipinski definition) is 4. The van der Waals surface area contributed by atoms with Crippen molar-refractivity contribution >= 4 is 22.7 Å². The Morgan fingerprint density at radius 1 is 1.40 bits per heavy atom. The smallest absolute Gasteiger partial charge is 0.148 e. The van der Waals surface area contributed by atoms with Crippen LogP contribution in [0.3, 0.4) is 0 Å². The average molecular weight is 168 g/mol. The van der Waals surface area contributed by atoms with E-state index in [0.717, 1.165) is 5.01 Å². The molecule has 10 heavy (non-hydrogen) atoms. The van der Waals surface area contributed by atoms with Gasteiger partial charge in [0.15, 0.2) is 0 Å². The third kappa shape index (κ3) is 0.955. The van der Waals surface area contributed by atoms with Crippen LogP contribution >= 0.6 is 22.7 Å². The molecule has 0 saturated carbocycles. The van der Waals surface area contributed by atoms with E-state index < -0.39 is 0 Å². The van der Waals surface area contributed by atoms with Gasteiger partial charge in [-0.1, -0.05) is 11.3 Å². The van der Waals surface area contributed by atoms with Crippen LogP contribution in [0.4, 0.5) is 0 Å². The molecule has 2 rings (SSSR count). The molecule has 0 N–H and O–H groups in total. The van der Waals surface area contributed by atoms with Crippen molar-refractivity contribution in [3.63, 3.8) is 0 Å². The molecular formula is C6H4N2S2. The zero-order valence-electron chi connectivity index (χ0n) is 5.02. The number of aromatic nitrogens is 2. The summed E-state index contributed by atoms with van der Waals surface area (Å²) in [5.41, 5.74) is 2.92. The van der Waals surface area contributed by atoms with Crippen LogP contribution < -0.4 is 0 Å². The molecular weight excluding hydrogens is 164 g/mol. The van der Waals surface area contributed by atoms with Crippen molar-refractivity contribution < 1.29 is 0 Å². The molecule has 0 bridgehead atoms. The topological polar surface area (TPSA) is 25.8 Å². The highest BCUT2D eigenvalue weighted by molar-refractivity contribution is 7.13. The lowest BCUT2D eigenvalue weighted by atomic mass is 10.4. The van der Waals surface area contributed by atoms with Gasteiger partial charge >= 0.3 is 0 Å². The Hall–Kier alpha value is -0.740. The molecule has 0 aliphatic rings. The van der Waals surface area contributed by atoms with Gasteiger partial charge in [-0.2, -0.15) is 11.3 Å². The number of hydrogen-bond donors (Lipinski definition) is 0. The van der Waals surface area contributed by atoms with Crippen LogP contribution in [0.5, 0.6) is 0 Å². The Morgan fingerprint density at radius 2 is 2.40 bits per heavy atom. The van der Waals surface area contributed by atoms with Gasteiger partial charge in [-0.25, -0.2) is 0 Å². The van der Waals surface area contributed by atoms with E-state index in [4.69, 9.17) is 0 Å². The lowest BCUT2D eigenvalue weighted by Crippen LogP contribution is -1.69. The Labute approximate surface area is 66.2 Å². The van der Waals surface area contributed by atoms with Crippen LogP contribution in [0.2, 0.25) is 0 Å². The third-order valence-corrected chi connectivity index (χ3v) is 2.55. The minimum absolute atomic E-state index is 1.00. The molecule has 0 spiro atoms. The van der Waals surface area contributed by atoms with Gasteiger partial charge in [0.1, 0.15) is 10.5 Å². The highest BCUT2D eigenvalue weighted by Crippen LogP contribution is 2.22. The molecule has 2 heterocycles. The predicted molar refractivity (Wildman–Crippen MR) is 43.2 cm³/mol. The van der Waals surface area contributed by atoms with Gasteiger partial charge < -0.3 is 0 Å². The van der Waals surface area contributed by atoms with Gasteiger partial charge in [0.05, 0.1) is 0 Å². The van der Waals surface area contributed by atoms with Crippen molar-refractivity contribution in [2.24, 2.45) is 0 Å². The zero-order chi connectivity index (χ0) is 6.81. The predicted octanol–water partition coefficient (Wildman–Crippen LogP) is 2.27. The summed E-state index contributed by atoms with van der Waals surface area (Å²) in [5.74, 6) is 0. The van der Waals surface area contributed by atoms with Crippen molar-refractivity contribution in [3.05, 3.63) is 22.3 Å². The van der Waals surface area contributed by atoms with Crippen LogP contribution in [0.15, 0.2) is 22.3 Å². The first-order valence-electron chi connectivity index (χ1n) is 2.75. The minimum atomic E-state index is 1.00. The first-order chi connectivity index (χ1) is 4.97. The van der Waals surface area contributed by atoms with Crippen LogP contribution in [-0.4, -0.2) is 10.2 Å². The fourth-order valence-corrected chi connectivity index (χ4v) is 1.95. The van der Waals surface area contributed by atoms with Gasteiger partial charge in [-0.3, -0.25) is 0 Å². The molecule has 0 fully saturated rings. The molecule has 0 saturated heterocycles. The molecule has 0 aliphatic carbocycles. The lowest BCUT2D eigenvalue weighted by molar-refractivity contribution is 1.10. The minimum Gasteiger partial charge on any atom is -0.152 e. The standard InChI is InChI=1S/C6H4N2S2/c1-2-9-3-5(1)6-8-7-4-10-6/h1-4H. The van der Waals surface area contributed by atoms with Gasteiger partial charge in [-0.05, 0) is 11.4 Å².